The Kier molecular flexibility index (Phi) is 10.1. The lowest BCUT2D eigenvalue weighted by molar-refractivity contribution is 0.484. The van der Waals surface area contributed by atoms with Gasteiger partial charge < -0.3 is 4.89 Å². The Morgan fingerprint density at radius 3 is 2.25 bits per heavy atom. The molecule has 0 amide bonds. The van der Waals surface area contributed by atoms with Gasteiger partial charge in [0.2, 0.25) is 7.37 Å². The maximum Gasteiger partial charge on any atom is 0.222 e. The molecule has 3 heteroatoms. The molecule has 0 bridgehead atoms. The third-order valence-electron chi connectivity index (χ3n) is 2.63. The van der Waals surface area contributed by atoms with Crippen LogP contribution in [-0.4, -0.2) is 11.1 Å². The van der Waals surface area contributed by atoms with Crippen molar-refractivity contribution in [3.8, 4) is 0 Å². The topological polar surface area (TPSA) is 37.3 Å². The van der Waals surface area contributed by atoms with Crippen molar-refractivity contribution in [2.75, 3.05) is 6.16 Å². The first-order valence-electron chi connectivity index (χ1n) is 6.61. The highest BCUT2D eigenvalue weighted by Gasteiger charge is 2.11. The minimum absolute atomic E-state index is 0.458. The van der Waals surface area contributed by atoms with Gasteiger partial charge in [0.1, 0.15) is 0 Å². The van der Waals surface area contributed by atoms with E-state index in [4.69, 9.17) is 0 Å². The van der Waals surface area contributed by atoms with Crippen molar-refractivity contribution in [2.24, 2.45) is 0 Å². The molecular weight excluding hydrogens is 219 g/mol. The second-order valence-electron chi connectivity index (χ2n) is 4.42. The van der Waals surface area contributed by atoms with Gasteiger partial charge in [-0.3, -0.25) is 4.57 Å². The lowest BCUT2D eigenvalue weighted by Gasteiger charge is -2.06. The van der Waals surface area contributed by atoms with Crippen LogP contribution in [0, 0.1) is 0 Å². The molecule has 1 N–H and O–H groups in total. The quantitative estimate of drug-likeness (QED) is 0.438. The third kappa shape index (κ3) is 10.4. The maximum absolute atomic E-state index is 11.6. The summed E-state index contributed by atoms with van der Waals surface area (Å²) in [5.41, 5.74) is 0. The normalized spacial score (nSPS) is 15.4. The molecule has 96 valence electrons. The fourth-order valence-corrected chi connectivity index (χ4v) is 2.90. The third-order valence-corrected chi connectivity index (χ3v) is 4.26. The number of hydrogen-bond acceptors (Lipinski definition) is 1. The summed E-state index contributed by atoms with van der Waals surface area (Å²) in [6, 6.07) is 0. The number of hydrogen-bond donors (Lipinski definition) is 1. The molecular formula is C13H27O2P. The van der Waals surface area contributed by atoms with Crippen molar-refractivity contribution in [1.29, 1.82) is 0 Å². The molecule has 0 heterocycles. The molecule has 0 spiro atoms. The van der Waals surface area contributed by atoms with Crippen molar-refractivity contribution in [3.05, 3.63) is 11.9 Å². The average Bonchev–Trinajstić information content (AvgIpc) is 2.23. The van der Waals surface area contributed by atoms with Crippen LogP contribution < -0.4 is 0 Å². The monoisotopic (exact) mass is 246 g/mol. The molecule has 0 aliphatic carbocycles. The highest BCUT2D eigenvalue weighted by Crippen LogP contribution is 2.43. The Labute approximate surface area is 101 Å². The van der Waals surface area contributed by atoms with Crippen LogP contribution in [0.1, 0.15) is 65.2 Å². The van der Waals surface area contributed by atoms with E-state index >= 15 is 0 Å². The molecule has 0 aromatic carbocycles. The lowest BCUT2D eigenvalue weighted by Crippen LogP contribution is -1.87. The summed E-state index contributed by atoms with van der Waals surface area (Å²) in [5, 5.41) is 0. The van der Waals surface area contributed by atoms with E-state index in [1.165, 1.54) is 31.5 Å². The van der Waals surface area contributed by atoms with Crippen molar-refractivity contribution < 1.29 is 9.46 Å². The molecule has 0 rings (SSSR count). The van der Waals surface area contributed by atoms with Crippen LogP contribution in [0.3, 0.4) is 0 Å². The molecule has 0 radical (unpaired) electrons. The Morgan fingerprint density at radius 1 is 1.00 bits per heavy atom. The van der Waals surface area contributed by atoms with Crippen LogP contribution >= 0.6 is 7.37 Å². The summed E-state index contributed by atoms with van der Waals surface area (Å²) in [5.74, 6) is 1.53. The molecule has 0 aromatic heterocycles. The van der Waals surface area contributed by atoms with Crippen molar-refractivity contribution in [3.63, 3.8) is 0 Å². The predicted molar refractivity (Wildman–Crippen MR) is 72.1 cm³/mol. The second-order valence-corrected chi connectivity index (χ2v) is 6.68. The highest BCUT2D eigenvalue weighted by atomic mass is 31.2. The van der Waals surface area contributed by atoms with Crippen molar-refractivity contribution in [2.45, 2.75) is 65.2 Å². The van der Waals surface area contributed by atoms with Gasteiger partial charge in [-0.25, -0.2) is 0 Å². The fourth-order valence-electron chi connectivity index (χ4n) is 1.60. The van der Waals surface area contributed by atoms with Gasteiger partial charge >= 0.3 is 0 Å². The molecule has 0 saturated carbocycles. The van der Waals surface area contributed by atoms with E-state index in [0.717, 1.165) is 25.7 Å². The number of allylic oxidation sites excluding steroid dienone is 1. The molecule has 2 nitrogen and oxygen atoms in total. The first-order valence-corrected chi connectivity index (χ1v) is 8.53. The van der Waals surface area contributed by atoms with Crippen LogP contribution in [0.4, 0.5) is 0 Å². The van der Waals surface area contributed by atoms with Gasteiger partial charge in [0.15, 0.2) is 0 Å². The van der Waals surface area contributed by atoms with Gasteiger partial charge in [0, 0.05) is 6.16 Å². The number of unbranched alkanes of at least 4 members (excludes halogenated alkanes) is 6. The maximum atomic E-state index is 11.6. The minimum Gasteiger partial charge on any atom is -0.341 e. The summed E-state index contributed by atoms with van der Waals surface area (Å²) in [6.07, 6.45) is 11.2. The molecule has 16 heavy (non-hydrogen) atoms. The zero-order valence-electron chi connectivity index (χ0n) is 10.8. The second kappa shape index (κ2) is 10.1. The van der Waals surface area contributed by atoms with E-state index in [2.05, 4.69) is 13.8 Å². The highest BCUT2D eigenvalue weighted by molar-refractivity contribution is 7.61. The van der Waals surface area contributed by atoms with E-state index in [9.17, 15) is 9.46 Å². The first-order chi connectivity index (χ1) is 7.62. The minimum atomic E-state index is -2.96. The largest absolute Gasteiger partial charge is 0.341 e. The molecule has 0 saturated heterocycles. The summed E-state index contributed by atoms with van der Waals surface area (Å²) >= 11 is 0. The van der Waals surface area contributed by atoms with Crippen LogP contribution in [-0.2, 0) is 4.57 Å². The van der Waals surface area contributed by atoms with Gasteiger partial charge in [-0.1, -0.05) is 58.4 Å². The summed E-state index contributed by atoms with van der Waals surface area (Å²) < 4.78 is 11.6. The first kappa shape index (κ1) is 15.9. The predicted octanol–water partition coefficient (Wildman–Crippen LogP) is 4.93. The van der Waals surface area contributed by atoms with Gasteiger partial charge in [-0.2, -0.15) is 0 Å². The SMILES string of the molecule is CCCC=CP(=O)(O)CCCCCCCC. The zero-order chi connectivity index (χ0) is 12.3. The zero-order valence-corrected chi connectivity index (χ0v) is 11.7. The lowest BCUT2D eigenvalue weighted by atomic mass is 10.1. The summed E-state index contributed by atoms with van der Waals surface area (Å²) in [7, 11) is -2.96. The summed E-state index contributed by atoms with van der Waals surface area (Å²) in [4.78, 5) is 9.61. The van der Waals surface area contributed by atoms with Crippen LogP contribution in [0.5, 0.6) is 0 Å². The average molecular weight is 246 g/mol. The van der Waals surface area contributed by atoms with E-state index in [1.54, 1.807) is 0 Å². The van der Waals surface area contributed by atoms with Gasteiger partial charge in [0.25, 0.3) is 0 Å². The van der Waals surface area contributed by atoms with Gasteiger partial charge in [-0.05, 0) is 18.7 Å². The smallest absolute Gasteiger partial charge is 0.222 e. The molecule has 0 aliphatic rings. The Balaban J connectivity index is 3.54. The molecule has 1 unspecified atom stereocenters. The number of rotatable bonds is 10. The molecule has 0 aliphatic heterocycles. The van der Waals surface area contributed by atoms with E-state index in [-0.39, 0.29) is 0 Å². The van der Waals surface area contributed by atoms with E-state index in [1.807, 2.05) is 6.08 Å². The van der Waals surface area contributed by atoms with Gasteiger partial charge in [0.05, 0.1) is 0 Å². The van der Waals surface area contributed by atoms with Crippen LogP contribution in [0.2, 0.25) is 0 Å². The standard InChI is InChI=1S/C13H27O2P/c1-3-5-7-8-9-11-13-16(14,15)12-10-6-4-2/h10,12H,3-9,11,13H2,1-2H3,(H,14,15). The molecule has 0 fully saturated rings. The molecule has 0 aromatic rings. The van der Waals surface area contributed by atoms with Crippen molar-refractivity contribution >= 4 is 7.37 Å². The fraction of sp³-hybridized carbons (Fsp3) is 0.846. The van der Waals surface area contributed by atoms with E-state index in [0.29, 0.717) is 6.16 Å². The van der Waals surface area contributed by atoms with Crippen molar-refractivity contribution in [1.82, 2.24) is 0 Å². The van der Waals surface area contributed by atoms with Crippen LogP contribution in [0.25, 0.3) is 0 Å². The Morgan fingerprint density at radius 2 is 1.62 bits per heavy atom. The Bertz CT molecular complexity index is 224. The van der Waals surface area contributed by atoms with E-state index < -0.39 is 7.37 Å². The summed E-state index contributed by atoms with van der Waals surface area (Å²) in [6.45, 7) is 4.26. The molecule has 1 atom stereocenters. The van der Waals surface area contributed by atoms with Gasteiger partial charge in [-0.15, -0.1) is 0 Å². The van der Waals surface area contributed by atoms with Crippen LogP contribution in [0.15, 0.2) is 11.9 Å². The Hall–Kier alpha value is -0.0700.